The minimum Gasteiger partial charge on any atom is -0.492 e. The number of thioether (sulfide) groups is 2. The minimum atomic E-state index is -0.516. The lowest BCUT2D eigenvalue weighted by atomic mass is 10.2. The van der Waals surface area contributed by atoms with Crippen LogP contribution in [0.25, 0.3) is 0 Å². The Morgan fingerprint density at radius 2 is 1.25 bits per heavy atom. The summed E-state index contributed by atoms with van der Waals surface area (Å²) >= 11 is 12.4. The molecule has 14 nitrogen and oxygen atoms in total. The molecule has 0 radical (unpaired) electrons. The fraction of sp³-hybridized carbons (Fsp3) is 0.500. The van der Waals surface area contributed by atoms with Gasteiger partial charge in [0.05, 0.1) is 23.9 Å². The average Bonchev–Trinajstić information content (AvgIpc) is 3.09. The van der Waals surface area contributed by atoms with E-state index in [0.29, 0.717) is 61.2 Å². The Balaban J connectivity index is 0. The molecule has 2 amide bonds. The number of rotatable bonds is 14. The largest absolute Gasteiger partial charge is 0.492 e. The Labute approximate surface area is 368 Å². The highest BCUT2D eigenvalue weighted by atomic mass is 35.5. The molecule has 0 heterocycles. The molecule has 0 aromatic heterocycles. The molecule has 0 fully saturated rings. The summed E-state index contributed by atoms with van der Waals surface area (Å²) < 4.78 is 22.0. The molecule has 2 unspecified atom stereocenters. The van der Waals surface area contributed by atoms with Crippen LogP contribution in [0.15, 0.2) is 58.5 Å². The number of amidine groups is 2. The van der Waals surface area contributed by atoms with E-state index in [1.165, 1.54) is 23.5 Å². The van der Waals surface area contributed by atoms with Gasteiger partial charge in [-0.2, -0.15) is 9.98 Å². The van der Waals surface area contributed by atoms with Gasteiger partial charge in [-0.05, 0) is 128 Å². The number of hydrogen-bond donors (Lipinski definition) is 4. The minimum absolute atomic E-state index is 0. The molecular formula is C36H59ClN8O6P2S4. The van der Waals surface area contributed by atoms with Gasteiger partial charge in [-0.1, -0.05) is 23.5 Å². The Morgan fingerprint density at radius 1 is 0.825 bits per heavy atom. The Hall–Kier alpha value is -2.94. The molecule has 21 heteroatoms. The predicted octanol–water partition coefficient (Wildman–Crippen LogP) is 8.82. The molecule has 6 N–H and O–H groups in total. The first-order valence-electron chi connectivity index (χ1n) is 17.4. The molecule has 2 aromatic rings. The van der Waals surface area contributed by atoms with Crippen molar-refractivity contribution in [2.24, 2.45) is 21.5 Å². The number of hydrogen-bond acceptors (Lipinski definition) is 12. The zero-order valence-corrected chi connectivity index (χ0v) is 40.3. The van der Waals surface area contributed by atoms with Gasteiger partial charge in [0.15, 0.2) is 15.4 Å². The summed E-state index contributed by atoms with van der Waals surface area (Å²) in [5.74, 6) is 1.40. The second-order valence-electron chi connectivity index (χ2n) is 12.9. The van der Waals surface area contributed by atoms with E-state index in [9.17, 15) is 9.59 Å². The van der Waals surface area contributed by atoms with Crippen LogP contribution in [-0.2, 0) is 9.47 Å². The number of anilines is 1. The lowest BCUT2D eigenvalue weighted by Gasteiger charge is -2.26. The van der Waals surface area contributed by atoms with Crippen molar-refractivity contribution < 1.29 is 28.5 Å². The number of carbonyl (C=O) groups excluding carboxylic acids is 2. The number of likely N-dealkylation sites (N-methyl/N-ethyl adjacent to an activating group) is 2. The lowest BCUT2D eigenvalue weighted by Crippen LogP contribution is -2.38. The van der Waals surface area contributed by atoms with Gasteiger partial charge in [-0.15, -0.1) is 30.9 Å². The number of nitrogens with two attached hydrogens (primary N) is 2. The smallest absolute Gasteiger partial charge is 0.410 e. The molecule has 0 aliphatic carbocycles. The second-order valence-corrected chi connectivity index (χ2v) is 17.6. The first kappa shape index (κ1) is 56.2. The number of nitrogens with one attached hydrogen (secondary N) is 2. The number of nitrogens with zero attached hydrogens (tertiary/aromatic N) is 4. The summed E-state index contributed by atoms with van der Waals surface area (Å²) in [5.41, 5.74) is 12.7. The highest BCUT2D eigenvalue weighted by molar-refractivity contribution is 8.16. The van der Waals surface area contributed by atoms with Crippen LogP contribution in [-0.4, -0.2) is 104 Å². The van der Waals surface area contributed by atoms with Gasteiger partial charge in [-0.25, -0.2) is 9.59 Å². The van der Waals surface area contributed by atoms with Gasteiger partial charge in [-0.3, -0.25) is 5.41 Å². The molecule has 2 aromatic carbocycles. The summed E-state index contributed by atoms with van der Waals surface area (Å²) in [6, 6.07) is 14.5. The van der Waals surface area contributed by atoms with Gasteiger partial charge >= 0.3 is 12.2 Å². The topological polar surface area (TPSA) is 190 Å². The number of aliphatic imine (C=N–C) groups is 2. The summed E-state index contributed by atoms with van der Waals surface area (Å²) in [6.07, 6.45) is -0.671. The third-order valence-corrected chi connectivity index (χ3v) is 8.44. The number of amides is 2. The zero-order valence-electron chi connectivity index (χ0n) is 33.9. The number of ether oxygens (including phenoxy) is 4. The van der Waals surface area contributed by atoms with Crippen LogP contribution in [0.4, 0.5) is 21.0 Å². The van der Waals surface area contributed by atoms with Crippen LogP contribution in [0.5, 0.6) is 11.5 Å². The van der Waals surface area contributed by atoms with E-state index in [4.69, 9.17) is 48.0 Å². The second kappa shape index (κ2) is 31.0. The third kappa shape index (κ3) is 29.9. The summed E-state index contributed by atoms with van der Waals surface area (Å²) in [6.45, 7) is 17.7. The van der Waals surface area contributed by atoms with E-state index in [0.717, 1.165) is 22.4 Å². The van der Waals surface area contributed by atoms with E-state index < -0.39 is 11.2 Å². The zero-order chi connectivity index (χ0) is 42.7. The molecule has 0 saturated heterocycles. The maximum atomic E-state index is 12.1. The fourth-order valence-electron chi connectivity index (χ4n) is 3.72. The molecule has 320 valence electrons. The molecule has 57 heavy (non-hydrogen) atoms. The third-order valence-electron chi connectivity index (χ3n) is 6.13. The van der Waals surface area contributed by atoms with E-state index in [1.807, 2.05) is 79.7 Å². The van der Waals surface area contributed by atoms with Crippen molar-refractivity contribution in [2.45, 2.75) is 66.6 Å². The van der Waals surface area contributed by atoms with E-state index >= 15 is 0 Å². The summed E-state index contributed by atoms with van der Waals surface area (Å²) in [7, 11) is 5.03. The Kier molecular flexibility index (Phi) is 30.6. The van der Waals surface area contributed by atoms with Crippen LogP contribution >= 0.6 is 78.8 Å². The van der Waals surface area contributed by atoms with Crippen molar-refractivity contribution in [3.05, 3.63) is 48.5 Å². The van der Waals surface area contributed by atoms with Crippen LogP contribution in [0.1, 0.15) is 55.4 Å². The van der Waals surface area contributed by atoms with Gasteiger partial charge in [0, 0.05) is 29.8 Å². The first-order valence-corrected chi connectivity index (χ1v) is 21.8. The lowest BCUT2D eigenvalue weighted by molar-refractivity contribution is 0.0227. The van der Waals surface area contributed by atoms with Crippen LogP contribution in [0.3, 0.4) is 0 Å². The van der Waals surface area contributed by atoms with Crippen LogP contribution in [0.2, 0.25) is 0 Å². The molecule has 0 spiro atoms. The van der Waals surface area contributed by atoms with Crippen LogP contribution < -0.4 is 26.3 Å². The Morgan fingerprint density at radius 3 is 1.58 bits per heavy atom. The molecular weight excluding hydrogens is 866 g/mol. The molecule has 2 rings (SSSR count). The quantitative estimate of drug-likeness (QED) is 0.0609. The van der Waals surface area contributed by atoms with E-state index in [2.05, 4.69) is 51.2 Å². The van der Waals surface area contributed by atoms with Crippen LogP contribution in [0, 0.1) is 5.41 Å². The van der Waals surface area contributed by atoms with Gasteiger partial charge in [0.25, 0.3) is 0 Å². The number of halogens is 1. The number of carbonyl (C=O) groups is 2. The number of thiocarbonyl (C=S) groups is 2. The first-order chi connectivity index (χ1) is 26.3. The highest BCUT2D eigenvalue weighted by Gasteiger charge is 2.22. The van der Waals surface area contributed by atoms with Crippen molar-refractivity contribution in [1.29, 1.82) is 5.41 Å². The van der Waals surface area contributed by atoms with Crippen molar-refractivity contribution >= 4 is 123 Å². The van der Waals surface area contributed by atoms with E-state index in [-0.39, 0.29) is 29.8 Å². The van der Waals surface area contributed by atoms with Gasteiger partial charge in [0.1, 0.15) is 35.9 Å². The SMILES string of the molecule is CCN(CCOc1ccc(N=C=S)cc1)C(=O)OC(C)(C)C.CCN(CCOc1ccc(NC(=S)N=C(N)SCP)cc1)C(=O)OC(C)(C)C.Cl.N=C(N)SCP. The van der Waals surface area contributed by atoms with E-state index in [1.54, 1.807) is 34.1 Å². The average molecular weight is 926 g/mol. The van der Waals surface area contributed by atoms with Crippen molar-refractivity contribution in [3.8, 4) is 11.5 Å². The molecule has 2 atom stereocenters. The normalized spacial score (nSPS) is 10.7. The molecule has 0 aliphatic rings. The maximum Gasteiger partial charge on any atom is 0.410 e. The van der Waals surface area contributed by atoms with Gasteiger partial charge in [0.2, 0.25) is 0 Å². The molecule has 0 saturated carbocycles. The number of isothiocyanates is 1. The molecule has 0 bridgehead atoms. The summed E-state index contributed by atoms with van der Waals surface area (Å²) in [4.78, 5) is 35.2. The van der Waals surface area contributed by atoms with Gasteiger partial charge < -0.3 is 45.5 Å². The maximum absolute atomic E-state index is 12.1. The molecule has 0 aliphatic heterocycles. The predicted molar refractivity (Wildman–Crippen MR) is 257 cm³/mol. The van der Waals surface area contributed by atoms with Crippen molar-refractivity contribution in [1.82, 2.24) is 9.80 Å². The Bertz CT molecular complexity index is 1580. The highest BCUT2D eigenvalue weighted by Crippen LogP contribution is 2.19. The standard InChI is InChI=1S/C18H29N4O3PS2.C16H22N2O3S.C2H7N2PS.ClH/c1-5-22(17(23)25-18(2,3)4)10-11-24-14-8-6-13(7-9-14)20-16(27)21-15(19)28-12-26;1-5-18(15(19)21-16(2,3)4)10-11-20-14-8-6-13(7-9-14)17-12-22;3-2(4)6-1-5;/h6-9H,5,10-12,26H2,1-4H3,(H3,19,20,21,27);6-9H,5,10-11H2,1-4H3;1,5H2,(H3,3,4);1H. The fourth-order valence-corrected chi connectivity index (χ4v) is 5.66. The number of benzene rings is 2. The monoisotopic (exact) mass is 924 g/mol. The van der Waals surface area contributed by atoms with Crippen molar-refractivity contribution in [2.75, 3.05) is 55.7 Å². The summed E-state index contributed by atoms with van der Waals surface area (Å²) in [5, 5.41) is 12.8. The van der Waals surface area contributed by atoms with Crippen molar-refractivity contribution in [3.63, 3.8) is 0 Å².